The van der Waals surface area contributed by atoms with Gasteiger partial charge in [-0.15, -0.1) is 0 Å². The largest absolute Gasteiger partial charge is 0.292 e. The summed E-state index contributed by atoms with van der Waals surface area (Å²) in [5, 5.41) is 2.67. The zero-order valence-corrected chi connectivity index (χ0v) is 11.9. The van der Waals surface area contributed by atoms with Crippen molar-refractivity contribution >= 4 is 11.9 Å². The third-order valence-electron chi connectivity index (χ3n) is 3.70. The van der Waals surface area contributed by atoms with Crippen LogP contribution in [0.4, 0.5) is 5.95 Å². The highest BCUT2D eigenvalue weighted by Gasteiger charge is 2.16. The molecule has 1 aromatic heterocycles. The van der Waals surface area contributed by atoms with E-state index in [0.717, 1.165) is 42.5 Å². The van der Waals surface area contributed by atoms with Crippen LogP contribution in [0.5, 0.6) is 0 Å². The van der Waals surface area contributed by atoms with Crippen LogP contribution in [0.3, 0.4) is 0 Å². The Morgan fingerprint density at radius 3 is 2.90 bits per heavy atom. The molecule has 0 atom stereocenters. The van der Waals surface area contributed by atoms with Gasteiger partial charge in [0.2, 0.25) is 5.95 Å². The summed E-state index contributed by atoms with van der Waals surface area (Å²) in [7, 11) is 0. The normalized spacial score (nSPS) is 13.6. The number of aromatic amines is 1. The van der Waals surface area contributed by atoms with Gasteiger partial charge in [-0.3, -0.25) is 19.9 Å². The highest BCUT2D eigenvalue weighted by molar-refractivity contribution is 6.03. The second-order valence-corrected chi connectivity index (χ2v) is 5.37. The van der Waals surface area contributed by atoms with Gasteiger partial charge in [0.25, 0.3) is 11.5 Å². The second kappa shape index (κ2) is 5.52. The standard InChI is InChI=1S/C16H17N3O2/c1-10-5-4-6-11(9-10)14(20)18-16-17-13-8-3-2-7-12(13)15(21)19-16/h4-6,9H,2-3,7-8H2,1H3,(H2,17,18,19,20,21). The first kappa shape index (κ1) is 13.5. The van der Waals surface area contributed by atoms with E-state index in [1.54, 1.807) is 12.1 Å². The van der Waals surface area contributed by atoms with E-state index in [1.165, 1.54) is 0 Å². The molecule has 1 aromatic carbocycles. The summed E-state index contributed by atoms with van der Waals surface area (Å²) in [5.74, 6) is -0.0373. The van der Waals surface area contributed by atoms with Crippen LogP contribution in [-0.2, 0) is 12.8 Å². The van der Waals surface area contributed by atoms with Gasteiger partial charge in [0.05, 0.1) is 5.69 Å². The minimum atomic E-state index is -0.266. The Morgan fingerprint density at radius 1 is 1.29 bits per heavy atom. The molecule has 108 valence electrons. The maximum absolute atomic E-state index is 12.2. The third kappa shape index (κ3) is 2.86. The number of benzene rings is 1. The van der Waals surface area contributed by atoms with Crippen LogP contribution in [-0.4, -0.2) is 15.9 Å². The van der Waals surface area contributed by atoms with Crippen molar-refractivity contribution in [3.05, 3.63) is 57.0 Å². The quantitative estimate of drug-likeness (QED) is 0.887. The summed E-state index contributed by atoms with van der Waals surface area (Å²) >= 11 is 0. The van der Waals surface area contributed by atoms with Gasteiger partial charge in [-0.05, 0) is 44.7 Å². The number of rotatable bonds is 2. The molecule has 2 N–H and O–H groups in total. The smallest absolute Gasteiger partial charge is 0.257 e. The van der Waals surface area contributed by atoms with Crippen molar-refractivity contribution in [1.82, 2.24) is 9.97 Å². The van der Waals surface area contributed by atoms with E-state index in [0.29, 0.717) is 5.56 Å². The number of nitrogens with zero attached hydrogens (tertiary/aromatic N) is 1. The highest BCUT2D eigenvalue weighted by Crippen LogP contribution is 2.17. The van der Waals surface area contributed by atoms with Crippen LogP contribution in [0.2, 0.25) is 0 Å². The Bertz CT molecular complexity index is 749. The van der Waals surface area contributed by atoms with Crippen LogP contribution in [0.1, 0.15) is 40.0 Å². The summed E-state index contributed by atoms with van der Waals surface area (Å²) in [6.45, 7) is 1.93. The van der Waals surface area contributed by atoms with Crippen LogP contribution in [0.15, 0.2) is 29.1 Å². The molecule has 0 spiro atoms. The van der Waals surface area contributed by atoms with E-state index < -0.39 is 0 Å². The van der Waals surface area contributed by atoms with Crippen molar-refractivity contribution in [2.24, 2.45) is 0 Å². The number of carbonyl (C=O) groups excluding carboxylic acids is 1. The van der Waals surface area contributed by atoms with E-state index in [1.807, 2.05) is 19.1 Å². The molecule has 5 heteroatoms. The molecule has 1 amide bonds. The fourth-order valence-electron chi connectivity index (χ4n) is 2.63. The molecule has 0 fully saturated rings. The monoisotopic (exact) mass is 283 g/mol. The highest BCUT2D eigenvalue weighted by atomic mass is 16.2. The lowest BCUT2D eigenvalue weighted by molar-refractivity contribution is 0.102. The van der Waals surface area contributed by atoms with Crippen LogP contribution in [0, 0.1) is 6.92 Å². The van der Waals surface area contributed by atoms with Crippen molar-refractivity contribution in [2.75, 3.05) is 5.32 Å². The molecule has 0 unspecified atom stereocenters. The summed E-state index contributed by atoms with van der Waals surface area (Å²) in [4.78, 5) is 31.2. The molecule has 2 aromatic rings. The van der Waals surface area contributed by atoms with Crippen molar-refractivity contribution in [3.63, 3.8) is 0 Å². The number of aryl methyl sites for hydroxylation is 2. The first-order valence-corrected chi connectivity index (χ1v) is 7.13. The number of anilines is 1. The number of amides is 1. The van der Waals surface area contributed by atoms with Gasteiger partial charge in [0.15, 0.2) is 0 Å². The molecule has 0 saturated carbocycles. The SMILES string of the molecule is Cc1cccc(C(=O)Nc2nc3c(c(=O)[nH]2)CCCC3)c1. The van der Waals surface area contributed by atoms with Gasteiger partial charge in [-0.1, -0.05) is 17.7 Å². The minimum Gasteiger partial charge on any atom is -0.292 e. The average Bonchev–Trinajstić information content (AvgIpc) is 2.47. The summed E-state index contributed by atoms with van der Waals surface area (Å²) in [6, 6.07) is 7.29. The number of H-pyrrole nitrogens is 1. The van der Waals surface area contributed by atoms with E-state index in [4.69, 9.17) is 0 Å². The Morgan fingerprint density at radius 2 is 2.10 bits per heavy atom. The minimum absolute atomic E-state index is 0.140. The molecule has 0 saturated heterocycles. The maximum Gasteiger partial charge on any atom is 0.257 e. The van der Waals surface area contributed by atoms with Gasteiger partial charge in [-0.25, -0.2) is 4.98 Å². The van der Waals surface area contributed by atoms with Gasteiger partial charge < -0.3 is 0 Å². The number of fused-ring (bicyclic) bond motifs is 1. The van der Waals surface area contributed by atoms with Gasteiger partial charge in [0, 0.05) is 11.1 Å². The topological polar surface area (TPSA) is 74.8 Å². The predicted molar refractivity (Wildman–Crippen MR) is 80.6 cm³/mol. The van der Waals surface area contributed by atoms with Crippen molar-refractivity contribution in [1.29, 1.82) is 0 Å². The molecule has 0 radical (unpaired) electrons. The van der Waals surface area contributed by atoms with Gasteiger partial charge in [0.1, 0.15) is 0 Å². The zero-order chi connectivity index (χ0) is 14.8. The second-order valence-electron chi connectivity index (χ2n) is 5.37. The Hall–Kier alpha value is -2.43. The summed E-state index contributed by atoms with van der Waals surface area (Å²) in [6.07, 6.45) is 3.62. The zero-order valence-electron chi connectivity index (χ0n) is 11.9. The molecule has 1 aliphatic rings. The molecular weight excluding hydrogens is 266 g/mol. The van der Waals surface area contributed by atoms with Gasteiger partial charge >= 0.3 is 0 Å². The van der Waals surface area contributed by atoms with E-state index in [9.17, 15) is 9.59 Å². The number of nitrogens with one attached hydrogen (secondary N) is 2. The maximum atomic E-state index is 12.2. The van der Waals surface area contributed by atoms with Crippen molar-refractivity contribution in [2.45, 2.75) is 32.6 Å². The molecule has 5 nitrogen and oxygen atoms in total. The summed E-state index contributed by atoms with van der Waals surface area (Å²) < 4.78 is 0. The lowest BCUT2D eigenvalue weighted by atomic mass is 9.97. The first-order chi connectivity index (χ1) is 10.1. The van der Waals surface area contributed by atoms with Crippen LogP contribution in [0.25, 0.3) is 0 Å². The number of aromatic nitrogens is 2. The molecule has 1 heterocycles. The first-order valence-electron chi connectivity index (χ1n) is 7.13. The third-order valence-corrected chi connectivity index (χ3v) is 3.70. The fraction of sp³-hybridized carbons (Fsp3) is 0.312. The average molecular weight is 283 g/mol. The Balaban J connectivity index is 1.87. The molecule has 21 heavy (non-hydrogen) atoms. The molecule has 0 aliphatic heterocycles. The van der Waals surface area contributed by atoms with E-state index >= 15 is 0 Å². The Kier molecular flexibility index (Phi) is 3.56. The molecular formula is C16H17N3O2. The van der Waals surface area contributed by atoms with E-state index in [2.05, 4.69) is 15.3 Å². The number of hydrogen-bond donors (Lipinski definition) is 2. The van der Waals surface area contributed by atoms with Crippen LogP contribution < -0.4 is 10.9 Å². The van der Waals surface area contributed by atoms with Crippen molar-refractivity contribution < 1.29 is 4.79 Å². The fourth-order valence-corrected chi connectivity index (χ4v) is 2.63. The lowest BCUT2D eigenvalue weighted by Crippen LogP contribution is -2.24. The predicted octanol–water partition coefficient (Wildman–Crippen LogP) is 2.21. The molecule has 0 bridgehead atoms. The van der Waals surface area contributed by atoms with Crippen LogP contribution >= 0.6 is 0 Å². The van der Waals surface area contributed by atoms with Gasteiger partial charge in [-0.2, -0.15) is 0 Å². The molecule has 3 rings (SSSR count). The Labute approximate surface area is 122 Å². The molecule has 1 aliphatic carbocycles. The van der Waals surface area contributed by atoms with Crippen molar-refractivity contribution in [3.8, 4) is 0 Å². The number of carbonyl (C=O) groups is 1. The number of hydrogen-bond acceptors (Lipinski definition) is 3. The van der Waals surface area contributed by atoms with E-state index in [-0.39, 0.29) is 17.4 Å². The lowest BCUT2D eigenvalue weighted by Gasteiger charge is -2.14. The summed E-state index contributed by atoms with van der Waals surface area (Å²) in [5.41, 5.74) is 2.99.